The third-order valence-corrected chi connectivity index (χ3v) is 2.32. The number of nitrogens with one attached hydrogen (secondary N) is 1. The Morgan fingerprint density at radius 2 is 1.71 bits per heavy atom. The van der Waals surface area contributed by atoms with E-state index in [1.54, 1.807) is 6.92 Å². The van der Waals surface area contributed by atoms with Gasteiger partial charge < -0.3 is 10.4 Å². The summed E-state index contributed by atoms with van der Waals surface area (Å²) in [5.74, 6) is 0. The molecule has 0 aliphatic carbocycles. The van der Waals surface area contributed by atoms with E-state index >= 15 is 0 Å². The minimum atomic E-state index is -4.30. The Hall–Kier alpha value is -1.23. The van der Waals surface area contributed by atoms with Crippen LogP contribution < -0.4 is 5.32 Å². The molecular formula is C12H16F3NO. The lowest BCUT2D eigenvalue weighted by Gasteiger charge is -2.17. The van der Waals surface area contributed by atoms with Crippen LogP contribution in [-0.2, 0) is 6.18 Å². The molecule has 5 heteroatoms. The quantitative estimate of drug-likeness (QED) is 0.855. The molecule has 0 aliphatic rings. The zero-order valence-corrected chi connectivity index (χ0v) is 9.75. The van der Waals surface area contributed by atoms with Gasteiger partial charge in [-0.2, -0.15) is 13.2 Å². The first-order valence-corrected chi connectivity index (χ1v) is 5.41. The summed E-state index contributed by atoms with van der Waals surface area (Å²) in [6.45, 7) is 3.54. The van der Waals surface area contributed by atoms with Crippen LogP contribution in [0.4, 0.5) is 18.9 Å². The summed E-state index contributed by atoms with van der Waals surface area (Å²) in [6, 6.07) is 4.86. The van der Waals surface area contributed by atoms with Gasteiger partial charge in [-0.05, 0) is 44.5 Å². The van der Waals surface area contributed by atoms with E-state index < -0.39 is 17.8 Å². The minimum Gasteiger partial charge on any atom is -0.393 e. The van der Waals surface area contributed by atoms with Crippen LogP contribution in [0.25, 0.3) is 0 Å². The topological polar surface area (TPSA) is 32.3 Å². The van der Waals surface area contributed by atoms with E-state index in [4.69, 9.17) is 5.11 Å². The molecule has 0 bridgehead atoms. The summed E-state index contributed by atoms with van der Waals surface area (Å²) in [7, 11) is 0. The molecule has 0 saturated carbocycles. The highest BCUT2D eigenvalue weighted by Crippen LogP contribution is 2.29. The molecule has 2 atom stereocenters. The van der Waals surface area contributed by atoms with Gasteiger partial charge in [0.25, 0.3) is 0 Å². The van der Waals surface area contributed by atoms with E-state index in [9.17, 15) is 13.2 Å². The largest absolute Gasteiger partial charge is 0.416 e. The Morgan fingerprint density at radius 1 is 1.18 bits per heavy atom. The second-order valence-electron chi connectivity index (χ2n) is 4.21. The summed E-state index contributed by atoms with van der Waals surface area (Å²) >= 11 is 0. The standard InChI is InChI=1S/C12H16F3NO/c1-8(7-9(2)17)16-11-5-3-10(4-6-11)12(13,14)15/h3-6,8-9,16-17H,7H2,1-2H3. The van der Waals surface area contributed by atoms with Crippen molar-refractivity contribution in [3.63, 3.8) is 0 Å². The number of aliphatic hydroxyl groups is 1. The van der Waals surface area contributed by atoms with Gasteiger partial charge in [0, 0.05) is 11.7 Å². The third-order valence-electron chi connectivity index (χ3n) is 2.32. The van der Waals surface area contributed by atoms with Crippen molar-refractivity contribution in [3.8, 4) is 0 Å². The number of alkyl halides is 3. The Kier molecular flexibility index (Phi) is 4.40. The van der Waals surface area contributed by atoms with Crippen LogP contribution in [-0.4, -0.2) is 17.3 Å². The minimum absolute atomic E-state index is 0.00624. The summed E-state index contributed by atoms with van der Waals surface area (Å²) in [6.07, 6.45) is -4.20. The van der Waals surface area contributed by atoms with Crippen molar-refractivity contribution in [1.29, 1.82) is 0 Å². The lowest BCUT2D eigenvalue weighted by molar-refractivity contribution is -0.137. The van der Waals surface area contributed by atoms with Crippen LogP contribution in [0.1, 0.15) is 25.8 Å². The van der Waals surface area contributed by atoms with Crippen molar-refractivity contribution in [2.45, 2.75) is 38.6 Å². The fourth-order valence-electron chi connectivity index (χ4n) is 1.61. The van der Waals surface area contributed by atoms with Crippen molar-refractivity contribution in [3.05, 3.63) is 29.8 Å². The Bertz CT molecular complexity index is 346. The fourth-order valence-corrected chi connectivity index (χ4v) is 1.61. The SMILES string of the molecule is CC(O)CC(C)Nc1ccc(C(F)(F)F)cc1. The van der Waals surface area contributed by atoms with Gasteiger partial charge in [-0.25, -0.2) is 0 Å². The highest BCUT2D eigenvalue weighted by atomic mass is 19.4. The van der Waals surface area contributed by atoms with Crippen LogP contribution in [0.15, 0.2) is 24.3 Å². The molecule has 1 rings (SSSR count). The molecule has 0 fully saturated rings. The maximum atomic E-state index is 12.3. The van der Waals surface area contributed by atoms with E-state index in [0.717, 1.165) is 12.1 Å². The predicted molar refractivity (Wildman–Crippen MR) is 60.8 cm³/mol. The monoisotopic (exact) mass is 247 g/mol. The lowest BCUT2D eigenvalue weighted by Crippen LogP contribution is -2.20. The molecule has 2 nitrogen and oxygen atoms in total. The zero-order chi connectivity index (χ0) is 13.1. The van der Waals surface area contributed by atoms with Gasteiger partial charge in [-0.3, -0.25) is 0 Å². The molecule has 0 aromatic heterocycles. The first kappa shape index (κ1) is 13.8. The summed E-state index contributed by atoms with van der Waals surface area (Å²) in [4.78, 5) is 0. The van der Waals surface area contributed by atoms with Gasteiger partial charge >= 0.3 is 6.18 Å². The molecule has 2 unspecified atom stereocenters. The van der Waals surface area contributed by atoms with E-state index in [2.05, 4.69) is 5.32 Å². The van der Waals surface area contributed by atoms with Gasteiger partial charge in [0.1, 0.15) is 0 Å². The maximum Gasteiger partial charge on any atom is 0.416 e. The maximum absolute atomic E-state index is 12.3. The van der Waals surface area contributed by atoms with Gasteiger partial charge in [-0.15, -0.1) is 0 Å². The molecular weight excluding hydrogens is 231 g/mol. The number of benzene rings is 1. The van der Waals surface area contributed by atoms with E-state index in [-0.39, 0.29) is 6.04 Å². The Labute approximate surface area is 98.5 Å². The molecule has 0 saturated heterocycles. The van der Waals surface area contributed by atoms with E-state index in [1.165, 1.54) is 12.1 Å². The number of hydrogen-bond donors (Lipinski definition) is 2. The number of anilines is 1. The average molecular weight is 247 g/mol. The number of halogens is 3. The second-order valence-corrected chi connectivity index (χ2v) is 4.21. The lowest BCUT2D eigenvalue weighted by atomic mass is 10.1. The van der Waals surface area contributed by atoms with Crippen LogP contribution in [0.3, 0.4) is 0 Å². The molecule has 0 heterocycles. The molecule has 1 aromatic carbocycles. The molecule has 1 aromatic rings. The molecule has 0 aliphatic heterocycles. The third kappa shape index (κ3) is 4.65. The second kappa shape index (κ2) is 5.40. The van der Waals surface area contributed by atoms with Gasteiger partial charge in [0.2, 0.25) is 0 Å². The van der Waals surface area contributed by atoms with Gasteiger partial charge in [0.15, 0.2) is 0 Å². The number of aliphatic hydroxyl groups excluding tert-OH is 1. The zero-order valence-electron chi connectivity index (χ0n) is 9.75. The van der Waals surface area contributed by atoms with Crippen LogP contribution in [0.2, 0.25) is 0 Å². The summed E-state index contributed by atoms with van der Waals surface area (Å²) < 4.78 is 36.9. The van der Waals surface area contributed by atoms with Crippen molar-refractivity contribution in [1.82, 2.24) is 0 Å². The van der Waals surface area contributed by atoms with Gasteiger partial charge in [0.05, 0.1) is 11.7 Å². The Balaban J connectivity index is 2.63. The first-order chi connectivity index (χ1) is 7.79. The smallest absolute Gasteiger partial charge is 0.393 e. The Morgan fingerprint density at radius 3 is 2.12 bits per heavy atom. The normalized spacial score (nSPS) is 15.4. The molecule has 96 valence electrons. The predicted octanol–water partition coefficient (Wildman–Crippen LogP) is 3.28. The van der Waals surface area contributed by atoms with Crippen LogP contribution >= 0.6 is 0 Å². The summed E-state index contributed by atoms with van der Waals surface area (Å²) in [5.41, 5.74) is -0.0441. The summed E-state index contributed by atoms with van der Waals surface area (Å²) in [5, 5.41) is 12.2. The van der Waals surface area contributed by atoms with Gasteiger partial charge in [-0.1, -0.05) is 0 Å². The highest BCUT2D eigenvalue weighted by molar-refractivity contribution is 5.45. The molecule has 0 amide bonds. The van der Waals surface area contributed by atoms with E-state index in [1.807, 2.05) is 6.92 Å². The van der Waals surface area contributed by atoms with E-state index in [0.29, 0.717) is 12.1 Å². The molecule has 17 heavy (non-hydrogen) atoms. The van der Waals surface area contributed by atoms with Crippen molar-refractivity contribution in [2.24, 2.45) is 0 Å². The van der Waals surface area contributed by atoms with Crippen LogP contribution in [0.5, 0.6) is 0 Å². The first-order valence-electron chi connectivity index (χ1n) is 5.41. The number of hydrogen-bond acceptors (Lipinski definition) is 2. The highest BCUT2D eigenvalue weighted by Gasteiger charge is 2.29. The molecule has 0 spiro atoms. The van der Waals surface area contributed by atoms with Crippen molar-refractivity contribution in [2.75, 3.05) is 5.32 Å². The molecule has 2 N–H and O–H groups in total. The van der Waals surface area contributed by atoms with Crippen molar-refractivity contribution < 1.29 is 18.3 Å². The average Bonchev–Trinajstić information content (AvgIpc) is 2.15. The fraction of sp³-hybridized carbons (Fsp3) is 0.500. The number of rotatable bonds is 4. The van der Waals surface area contributed by atoms with Crippen LogP contribution in [0, 0.1) is 0 Å². The van der Waals surface area contributed by atoms with Crippen molar-refractivity contribution >= 4 is 5.69 Å². The molecule has 0 radical (unpaired) electrons.